The van der Waals surface area contributed by atoms with Crippen LogP contribution in [-0.4, -0.2) is 3.71 Å². The van der Waals surface area contributed by atoms with Crippen LogP contribution in [0.2, 0.25) is 0 Å². The number of benzene rings is 3. The van der Waals surface area contributed by atoms with Gasteiger partial charge in [-0.05, 0) is 0 Å². The Morgan fingerprint density at radius 3 is 1.48 bits per heavy atom. The van der Waals surface area contributed by atoms with E-state index in [1.165, 1.54) is 55.7 Å². The fraction of sp³-hybridized carbons (Fsp3) is 0.426. The first kappa shape index (κ1) is 39.2. The van der Waals surface area contributed by atoms with Crippen LogP contribution < -0.4 is 24.8 Å². The molecule has 0 fully saturated rings. The summed E-state index contributed by atoms with van der Waals surface area (Å²) in [7, 11) is 0. The molecule has 0 unspecified atom stereocenters. The fourth-order valence-corrected chi connectivity index (χ4v) is 16.4. The van der Waals surface area contributed by atoms with Crippen molar-refractivity contribution in [1.82, 2.24) is 0 Å². The maximum Gasteiger partial charge on any atom is -1.00 e. The van der Waals surface area contributed by atoms with Crippen LogP contribution in [0.15, 0.2) is 87.8 Å². The summed E-state index contributed by atoms with van der Waals surface area (Å²) in [6, 6.07) is 21.9. The van der Waals surface area contributed by atoms with Gasteiger partial charge in [0.25, 0.3) is 0 Å². The normalized spacial score (nSPS) is 18.6. The molecule has 4 aliphatic rings. The molecule has 3 heteroatoms. The van der Waals surface area contributed by atoms with E-state index in [1.54, 1.807) is 14.4 Å². The third kappa shape index (κ3) is 6.56. The Kier molecular flexibility index (Phi) is 10.0. The van der Waals surface area contributed by atoms with Gasteiger partial charge in [-0.3, -0.25) is 0 Å². The van der Waals surface area contributed by atoms with E-state index in [9.17, 15) is 0 Å². The van der Waals surface area contributed by atoms with E-state index in [0.29, 0.717) is 3.63 Å². The Balaban J connectivity index is 0.00000243. The zero-order valence-corrected chi connectivity index (χ0v) is 36.6. The van der Waals surface area contributed by atoms with Crippen molar-refractivity contribution < 1.29 is 46.1 Å². The van der Waals surface area contributed by atoms with E-state index in [4.69, 9.17) is 0 Å². The van der Waals surface area contributed by atoms with Crippen LogP contribution in [0.4, 0.5) is 0 Å². The number of halogens is 2. The van der Waals surface area contributed by atoms with E-state index in [1.807, 2.05) is 0 Å². The molecule has 0 amide bonds. The summed E-state index contributed by atoms with van der Waals surface area (Å²) in [5.74, 6) is 0. The summed E-state index contributed by atoms with van der Waals surface area (Å²) < 4.78 is 4.96. The first-order chi connectivity index (χ1) is 22.2. The zero-order valence-electron chi connectivity index (χ0n) is 32.6. The van der Waals surface area contributed by atoms with Gasteiger partial charge in [-0.15, -0.1) is 0 Å². The molecule has 0 nitrogen and oxygen atoms in total. The molecule has 0 saturated carbocycles. The fourth-order valence-electron chi connectivity index (χ4n) is 8.80. The Bertz CT molecular complexity index is 1930. The van der Waals surface area contributed by atoms with Gasteiger partial charge in [0.15, 0.2) is 0 Å². The van der Waals surface area contributed by atoms with E-state index >= 15 is 0 Å². The molecule has 0 N–H and O–H groups in total. The molecule has 0 atom stereocenters. The molecule has 50 heavy (non-hydrogen) atoms. The average Bonchev–Trinajstić information content (AvgIpc) is 3.71. The Morgan fingerprint density at radius 1 is 0.620 bits per heavy atom. The minimum atomic E-state index is -2.56. The third-order valence-corrected chi connectivity index (χ3v) is 18.7. The standard InChI is InChI=1S/C31H37.C9H13.C7H6.2ClH.Zr/c1-28(2,3)26-16-30(7,8)24-12-18-11-19-13-25-23(15-21(19)20(18)14-22(24)26)27(29(4,5)6)17-31(25,9)10;1-9(2,3)8-6-4-5-7-8;1-7-5-3-2-4-6-7;;;/h11-17H,1-10H3;6-7H,4H2,1-3H3;1-6H;2*1H;/q;;;;;+2/p-2. The van der Waals surface area contributed by atoms with Gasteiger partial charge in [0.05, 0.1) is 0 Å². The predicted octanol–water partition coefficient (Wildman–Crippen LogP) is 6.93. The maximum absolute atomic E-state index is 2.78. The molecule has 7 rings (SSSR count). The molecule has 3 aromatic carbocycles. The van der Waals surface area contributed by atoms with Crippen LogP contribution in [-0.2, 0) is 32.1 Å². The summed E-state index contributed by atoms with van der Waals surface area (Å²) in [6.45, 7) is 31.2. The number of rotatable bonds is 3. The summed E-state index contributed by atoms with van der Waals surface area (Å²) in [5.41, 5.74) is 18.4. The number of fused-ring (bicyclic) bond motifs is 5. The van der Waals surface area contributed by atoms with Crippen LogP contribution in [0.3, 0.4) is 0 Å². The average molecular weight is 783 g/mol. The summed E-state index contributed by atoms with van der Waals surface area (Å²) in [5, 5.41) is 0. The van der Waals surface area contributed by atoms with Gasteiger partial charge in [-0.1, -0.05) is 0 Å². The maximum atomic E-state index is 2.78. The van der Waals surface area contributed by atoms with Crippen LogP contribution >= 0.6 is 0 Å². The van der Waals surface area contributed by atoms with Crippen molar-refractivity contribution in [1.29, 1.82) is 0 Å². The van der Waals surface area contributed by atoms with Gasteiger partial charge in [-0.2, -0.15) is 0 Å². The van der Waals surface area contributed by atoms with Gasteiger partial charge >= 0.3 is 301 Å². The second-order valence-electron chi connectivity index (χ2n) is 19.3. The Labute approximate surface area is 323 Å². The van der Waals surface area contributed by atoms with Gasteiger partial charge < -0.3 is 24.8 Å². The molecule has 3 aromatic rings. The van der Waals surface area contributed by atoms with Crippen molar-refractivity contribution in [2.45, 2.75) is 111 Å². The van der Waals surface area contributed by atoms with Gasteiger partial charge in [0.1, 0.15) is 0 Å². The van der Waals surface area contributed by atoms with Gasteiger partial charge in [0.2, 0.25) is 0 Å². The second-order valence-corrected chi connectivity index (χ2v) is 25.2. The molecule has 0 heterocycles. The number of hydrogen-bond acceptors (Lipinski definition) is 0. The van der Waals surface area contributed by atoms with Crippen molar-refractivity contribution >= 4 is 14.9 Å². The Morgan fingerprint density at radius 2 is 1.08 bits per heavy atom. The SMILES string of the molecule is CC(C)(C)C1=CC[C](/[Zr+2](=[CH]\c2ccccc2)[CH]2c3cc4c(cc3-c3cc5c(cc32)C(C)(C)C=C5C(C)(C)C)C(C(C)(C)C)=CC4(C)C)=C1.[Cl-].[Cl-]. The topological polar surface area (TPSA) is 0 Å². The summed E-state index contributed by atoms with van der Waals surface area (Å²) >= 11 is -2.56. The molecule has 262 valence electrons. The predicted molar refractivity (Wildman–Crippen MR) is 206 cm³/mol. The van der Waals surface area contributed by atoms with E-state index in [0.717, 1.165) is 6.42 Å². The smallest absolute Gasteiger partial charge is 1.00 e. The van der Waals surface area contributed by atoms with Crippen molar-refractivity contribution in [3.05, 3.63) is 127 Å². The number of allylic oxidation sites excluding steroid dienone is 8. The molecule has 0 aromatic heterocycles. The summed E-state index contributed by atoms with van der Waals surface area (Å²) in [4.78, 5) is 0. The van der Waals surface area contributed by atoms with Gasteiger partial charge in [0, 0.05) is 0 Å². The zero-order chi connectivity index (χ0) is 34.8. The van der Waals surface area contributed by atoms with E-state index < -0.39 is 21.3 Å². The minimum absolute atomic E-state index is 0. The quantitative estimate of drug-likeness (QED) is 0.271. The number of hydrogen-bond donors (Lipinski definition) is 0. The molecule has 0 radical (unpaired) electrons. The largest absolute Gasteiger partial charge is 1.00 e. The van der Waals surface area contributed by atoms with Crippen molar-refractivity contribution in [2.75, 3.05) is 0 Å². The molecule has 0 saturated heterocycles. The van der Waals surface area contributed by atoms with Crippen molar-refractivity contribution in [2.24, 2.45) is 16.2 Å². The minimum Gasteiger partial charge on any atom is -1.00 e. The van der Waals surface area contributed by atoms with E-state index in [2.05, 4.69) is 173 Å². The second kappa shape index (κ2) is 12.8. The third-order valence-electron chi connectivity index (χ3n) is 11.4. The molecule has 0 bridgehead atoms. The van der Waals surface area contributed by atoms with Crippen LogP contribution in [0.25, 0.3) is 22.3 Å². The Hall–Kier alpha value is -2.05. The molecular formula is C47H56Cl2Zr. The molecule has 4 aliphatic carbocycles. The monoisotopic (exact) mass is 780 g/mol. The molecular weight excluding hydrogens is 727 g/mol. The van der Waals surface area contributed by atoms with Crippen LogP contribution in [0.5, 0.6) is 0 Å². The summed E-state index contributed by atoms with van der Waals surface area (Å²) in [6.07, 6.45) is 11.4. The van der Waals surface area contributed by atoms with Crippen LogP contribution in [0, 0.1) is 16.2 Å². The van der Waals surface area contributed by atoms with Crippen molar-refractivity contribution in [3.8, 4) is 11.1 Å². The molecule has 0 spiro atoms. The molecule has 0 aliphatic heterocycles. The first-order valence-electron chi connectivity index (χ1n) is 18.2. The van der Waals surface area contributed by atoms with Crippen LogP contribution in [0.1, 0.15) is 139 Å². The first-order valence-corrected chi connectivity index (χ1v) is 22.3. The van der Waals surface area contributed by atoms with Crippen molar-refractivity contribution in [3.63, 3.8) is 0 Å². The van der Waals surface area contributed by atoms with Gasteiger partial charge in [-0.25, -0.2) is 0 Å². The van der Waals surface area contributed by atoms with E-state index in [-0.39, 0.29) is 51.9 Å².